The van der Waals surface area contributed by atoms with Gasteiger partial charge in [0.05, 0.1) is 12.0 Å². The maximum Gasteiger partial charge on any atom is 0.243 e. The van der Waals surface area contributed by atoms with Crippen molar-refractivity contribution in [1.29, 1.82) is 0 Å². The van der Waals surface area contributed by atoms with E-state index >= 15 is 0 Å². The molecule has 0 bridgehead atoms. The minimum Gasteiger partial charge on any atom is -0.497 e. The van der Waals surface area contributed by atoms with Gasteiger partial charge in [0, 0.05) is 13.1 Å². The summed E-state index contributed by atoms with van der Waals surface area (Å²) in [5, 5.41) is 0. The number of sulfonamides is 1. The van der Waals surface area contributed by atoms with Gasteiger partial charge in [0.15, 0.2) is 0 Å². The smallest absolute Gasteiger partial charge is 0.243 e. The van der Waals surface area contributed by atoms with E-state index in [1.54, 1.807) is 31.4 Å². The number of rotatable bonds is 5. The Morgan fingerprint density at radius 3 is 1.94 bits per heavy atom. The van der Waals surface area contributed by atoms with Crippen molar-refractivity contribution in [2.45, 2.75) is 18.7 Å². The molecule has 17 heavy (non-hydrogen) atoms. The third kappa shape index (κ3) is 3.59. The highest BCUT2D eigenvalue weighted by Crippen LogP contribution is 2.18. The zero-order valence-electron chi connectivity index (χ0n) is 10.2. The van der Waals surface area contributed by atoms with E-state index in [4.69, 9.17) is 4.74 Å². The van der Waals surface area contributed by atoms with Crippen molar-refractivity contribution < 1.29 is 13.2 Å². The number of nitrogens with zero attached hydrogens (tertiary/aromatic N) is 1. The average Bonchev–Trinajstić information content (AvgIpc) is 2.30. The van der Waals surface area contributed by atoms with Gasteiger partial charge in [0.1, 0.15) is 5.75 Å². The molecule has 0 radical (unpaired) electrons. The van der Waals surface area contributed by atoms with E-state index in [2.05, 4.69) is 0 Å². The normalized spacial score (nSPS) is 11.1. The molecule has 0 atom stereocenters. The van der Waals surface area contributed by atoms with Crippen LogP contribution in [0.4, 0.5) is 0 Å². The molecule has 0 heterocycles. The van der Waals surface area contributed by atoms with Crippen molar-refractivity contribution in [3.63, 3.8) is 0 Å². The van der Waals surface area contributed by atoms with Gasteiger partial charge in [-0.1, -0.05) is 13.8 Å². The van der Waals surface area contributed by atoms with Crippen LogP contribution in [-0.4, -0.2) is 32.9 Å². The van der Waals surface area contributed by atoms with Gasteiger partial charge in [0.25, 0.3) is 0 Å². The summed E-state index contributed by atoms with van der Waals surface area (Å²) in [7, 11) is -1.80. The van der Waals surface area contributed by atoms with Crippen molar-refractivity contribution in [2.24, 2.45) is 0 Å². The van der Waals surface area contributed by atoms with Gasteiger partial charge in [-0.15, -0.1) is 12.4 Å². The Morgan fingerprint density at radius 2 is 1.59 bits per heavy atom. The van der Waals surface area contributed by atoms with Crippen LogP contribution < -0.4 is 4.74 Å². The molecule has 0 aliphatic carbocycles. The number of halogens is 1. The second-order valence-corrected chi connectivity index (χ2v) is 5.20. The Hall–Kier alpha value is -0.780. The van der Waals surface area contributed by atoms with Crippen LogP contribution >= 0.6 is 12.4 Å². The topological polar surface area (TPSA) is 46.6 Å². The number of hydrogen-bond acceptors (Lipinski definition) is 3. The number of hydrogen-bond donors (Lipinski definition) is 0. The van der Waals surface area contributed by atoms with Crippen molar-refractivity contribution in [3.05, 3.63) is 24.3 Å². The number of methoxy groups -OCH3 is 1. The van der Waals surface area contributed by atoms with Crippen LogP contribution in [0.5, 0.6) is 5.75 Å². The zero-order chi connectivity index (χ0) is 12.2. The molecule has 6 heteroatoms. The van der Waals surface area contributed by atoms with Crippen LogP contribution in [0.3, 0.4) is 0 Å². The lowest BCUT2D eigenvalue weighted by molar-refractivity contribution is 0.414. The Labute approximate surface area is 109 Å². The fraction of sp³-hybridized carbons (Fsp3) is 0.455. The van der Waals surface area contributed by atoms with Gasteiger partial charge in [-0.05, 0) is 24.3 Å². The van der Waals surface area contributed by atoms with Crippen molar-refractivity contribution in [2.75, 3.05) is 20.2 Å². The van der Waals surface area contributed by atoms with E-state index in [1.165, 1.54) is 4.31 Å². The average molecular weight is 280 g/mol. The van der Waals surface area contributed by atoms with Crippen molar-refractivity contribution >= 4 is 22.4 Å². The number of ether oxygens (including phenoxy) is 1. The Morgan fingerprint density at radius 1 is 1.12 bits per heavy atom. The molecule has 1 aromatic rings. The van der Waals surface area contributed by atoms with Crippen molar-refractivity contribution in [3.8, 4) is 5.75 Å². The lowest BCUT2D eigenvalue weighted by Gasteiger charge is -2.18. The summed E-state index contributed by atoms with van der Waals surface area (Å²) in [6, 6.07) is 6.42. The lowest BCUT2D eigenvalue weighted by Crippen LogP contribution is -2.30. The first-order valence-corrected chi connectivity index (χ1v) is 6.64. The maximum atomic E-state index is 12.1. The fourth-order valence-electron chi connectivity index (χ4n) is 1.46. The molecule has 98 valence electrons. The summed E-state index contributed by atoms with van der Waals surface area (Å²) in [5.74, 6) is 0.651. The highest BCUT2D eigenvalue weighted by Gasteiger charge is 2.20. The minimum absolute atomic E-state index is 0. The standard InChI is InChI=1S/C11H17NO3S.ClH/c1-4-12(5-2)16(13,14)11-8-6-10(15-3)7-9-11;/h6-9H,4-5H2,1-3H3;1H. The number of benzene rings is 1. The van der Waals surface area contributed by atoms with E-state index < -0.39 is 10.0 Å². The second-order valence-electron chi connectivity index (χ2n) is 3.26. The molecule has 4 nitrogen and oxygen atoms in total. The molecule has 0 amide bonds. The molecule has 0 N–H and O–H groups in total. The molecule has 0 aliphatic rings. The monoisotopic (exact) mass is 279 g/mol. The largest absolute Gasteiger partial charge is 0.497 e. The summed E-state index contributed by atoms with van der Waals surface area (Å²) in [6.45, 7) is 4.60. The molecule has 0 unspecified atom stereocenters. The first-order valence-electron chi connectivity index (χ1n) is 5.20. The second kappa shape index (κ2) is 6.83. The summed E-state index contributed by atoms with van der Waals surface area (Å²) in [4.78, 5) is 0.303. The first kappa shape index (κ1) is 16.2. The first-order chi connectivity index (χ1) is 7.56. The van der Waals surface area contributed by atoms with Crippen LogP contribution in [0.1, 0.15) is 13.8 Å². The summed E-state index contributed by atoms with van der Waals surface area (Å²) >= 11 is 0. The van der Waals surface area contributed by atoms with E-state index in [0.717, 1.165) is 0 Å². The zero-order valence-corrected chi connectivity index (χ0v) is 11.8. The van der Waals surface area contributed by atoms with Crippen LogP contribution in [-0.2, 0) is 10.0 Å². The molecular formula is C11H18ClNO3S. The third-order valence-electron chi connectivity index (χ3n) is 2.40. The molecule has 1 aromatic carbocycles. The molecule has 0 fully saturated rings. The molecule has 0 saturated heterocycles. The van der Waals surface area contributed by atoms with Gasteiger partial charge in [-0.3, -0.25) is 0 Å². The summed E-state index contributed by atoms with van der Waals surface area (Å²) < 4.78 is 30.6. The van der Waals surface area contributed by atoms with Gasteiger partial charge in [-0.25, -0.2) is 8.42 Å². The van der Waals surface area contributed by atoms with E-state index in [1.807, 2.05) is 13.8 Å². The fourth-order valence-corrected chi connectivity index (χ4v) is 2.92. The quantitative estimate of drug-likeness (QED) is 0.830. The Bertz CT molecular complexity index is 427. The Balaban J connectivity index is 0.00000256. The van der Waals surface area contributed by atoms with Gasteiger partial charge in [-0.2, -0.15) is 4.31 Å². The molecule has 0 spiro atoms. The highest BCUT2D eigenvalue weighted by molar-refractivity contribution is 7.89. The maximum absolute atomic E-state index is 12.1. The minimum atomic E-state index is -3.35. The molecule has 0 aromatic heterocycles. The molecule has 0 aliphatic heterocycles. The summed E-state index contributed by atoms with van der Waals surface area (Å²) in [5.41, 5.74) is 0. The summed E-state index contributed by atoms with van der Waals surface area (Å²) in [6.07, 6.45) is 0. The van der Waals surface area contributed by atoms with Crippen molar-refractivity contribution in [1.82, 2.24) is 4.31 Å². The van der Waals surface area contributed by atoms with Gasteiger partial charge < -0.3 is 4.74 Å². The van der Waals surface area contributed by atoms with Crippen LogP contribution in [0.25, 0.3) is 0 Å². The molecule has 0 saturated carbocycles. The molecule has 1 rings (SSSR count). The molecular weight excluding hydrogens is 262 g/mol. The van der Waals surface area contributed by atoms with E-state index in [-0.39, 0.29) is 12.4 Å². The third-order valence-corrected chi connectivity index (χ3v) is 4.47. The lowest BCUT2D eigenvalue weighted by atomic mass is 10.3. The predicted octanol–water partition coefficient (Wildman–Crippen LogP) is 2.15. The van der Waals surface area contributed by atoms with Gasteiger partial charge in [0.2, 0.25) is 10.0 Å². The van der Waals surface area contributed by atoms with Crippen LogP contribution in [0.2, 0.25) is 0 Å². The van der Waals surface area contributed by atoms with E-state index in [0.29, 0.717) is 23.7 Å². The van der Waals surface area contributed by atoms with Crippen LogP contribution in [0.15, 0.2) is 29.2 Å². The van der Waals surface area contributed by atoms with Crippen LogP contribution in [0, 0.1) is 0 Å². The SMILES string of the molecule is CCN(CC)S(=O)(=O)c1ccc(OC)cc1.Cl. The van der Waals surface area contributed by atoms with E-state index in [9.17, 15) is 8.42 Å². The van der Waals surface area contributed by atoms with Gasteiger partial charge >= 0.3 is 0 Å². The predicted molar refractivity (Wildman–Crippen MR) is 70.3 cm³/mol. The highest BCUT2D eigenvalue weighted by atomic mass is 35.5. The Kier molecular flexibility index (Phi) is 6.52.